The zero-order chi connectivity index (χ0) is 18.9. The average molecular weight is 382 g/mol. The average Bonchev–Trinajstić information content (AvgIpc) is 3.23. The minimum absolute atomic E-state index is 0.162. The van der Waals surface area contributed by atoms with Gasteiger partial charge in [-0.1, -0.05) is 47.0 Å². The van der Waals surface area contributed by atoms with E-state index < -0.39 is 0 Å². The van der Waals surface area contributed by atoms with Crippen molar-refractivity contribution >= 4 is 17.6 Å². The monoisotopic (exact) mass is 382 g/mol. The molecule has 7 heteroatoms. The summed E-state index contributed by atoms with van der Waals surface area (Å²) < 4.78 is 9.58. The summed E-state index contributed by atoms with van der Waals surface area (Å²) in [7, 11) is 0. The fourth-order valence-corrected chi connectivity index (χ4v) is 3.04. The van der Waals surface area contributed by atoms with Gasteiger partial charge < -0.3 is 15.4 Å². The number of nitrogens with one attached hydrogen (secondary N) is 2. The normalized spacial score (nSPS) is 11.6. The van der Waals surface area contributed by atoms with Crippen molar-refractivity contribution in [2.24, 2.45) is 0 Å². The molecule has 1 aromatic heterocycles. The number of benzene rings is 2. The zero-order valence-corrected chi connectivity index (χ0v) is 15.9. The lowest BCUT2D eigenvalue weighted by atomic mass is 10.1. The Kier molecular flexibility index (Phi) is 6.76. The molecule has 140 valence electrons. The SMILES string of the molecule is CC(NC(=O)NCCc1ccc(OCc2ccccc2)cc1)c1csnn1. The topological polar surface area (TPSA) is 76.1 Å². The molecule has 2 aromatic carbocycles. The van der Waals surface area contributed by atoms with E-state index in [9.17, 15) is 4.79 Å². The predicted octanol–water partition coefficient (Wildman–Crippen LogP) is 3.72. The second-order valence-electron chi connectivity index (χ2n) is 6.12. The lowest BCUT2D eigenvalue weighted by molar-refractivity contribution is 0.238. The molecule has 27 heavy (non-hydrogen) atoms. The van der Waals surface area contributed by atoms with Crippen LogP contribution in [0, 0.1) is 0 Å². The number of urea groups is 1. The molecule has 1 heterocycles. The number of hydrogen-bond acceptors (Lipinski definition) is 5. The minimum atomic E-state index is -0.210. The number of amides is 2. The molecule has 0 aliphatic heterocycles. The Hall–Kier alpha value is -2.93. The van der Waals surface area contributed by atoms with Crippen molar-refractivity contribution in [3.8, 4) is 5.75 Å². The van der Waals surface area contributed by atoms with E-state index in [-0.39, 0.29) is 12.1 Å². The van der Waals surface area contributed by atoms with Crippen molar-refractivity contribution in [2.75, 3.05) is 6.54 Å². The van der Waals surface area contributed by atoms with E-state index in [1.807, 2.05) is 66.9 Å². The van der Waals surface area contributed by atoms with Crippen LogP contribution < -0.4 is 15.4 Å². The molecule has 0 aliphatic rings. The van der Waals surface area contributed by atoms with E-state index in [2.05, 4.69) is 20.2 Å². The lowest BCUT2D eigenvalue weighted by Gasteiger charge is -2.12. The zero-order valence-electron chi connectivity index (χ0n) is 15.1. The van der Waals surface area contributed by atoms with E-state index in [0.717, 1.165) is 29.0 Å². The Morgan fingerprint density at radius 1 is 1.11 bits per heavy atom. The van der Waals surface area contributed by atoms with Gasteiger partial charge in [-0.15, -0.1) is 5.10 Å². The van der Waals surface area contributed by atoms with Gasteiger partial charge in [0, 0.05) is 11.9 Å². The van der Waals surface area contributed by atoms with Gasteiger partial charge in [0.2, 0.25) is 0 Å². The summed E-state index contributed by atoms with van der Waals surface area (Å²) in [6.45, 7) is 2.98. The molecule has 2 N–H and O–H groups in total. The highest BCUT2D eigenvalue weighted by molar-refractivity contribution is 7.03. The fraction of sp³-hybridized carbons (Fsp3) is 0.250. The second kappa shape index (κ2) is 9.68. The predicted molar refractivity (Wildman–Crippen MR) is 106 cm³/mol. The van der Waals surface area contributed by atoms with Crippen LogP contribution in [-0.4, -0.2) is 22.2 Å². The Morgan fingerprint density at radius 2 is 1.89 bits per heavy atom. The maximum atomic E-state index is 11.9. The molecule has 0 spiro atoms. The smallest absolute Gasteiger partial charge is 0.315 e. The van der Waals surface area contributed by atoms with Crippen LogP contribution in [0.5, 0.6) is 5.75 Å². The Labute approximate surface area is 162 Å². The lowest BCUT2D eigenvalue weighted by Crippen LogP contribution is -2.38. The molecular formula is C20H22N4O2S. The van der Waals surface area contributed by atoms with E-state index in [0.29, 0.717) is 13.2 Å². The van der Waals surface area contributed by atoms with E-state index in [4.69, 9.17) is 4.74 Å². The Bertz CT molecular complexity index is 823. The van der Waals surface area contributed by atoms with Crippen LogP contribution in [-0.2, 0) is 13.0 Å². The van der Waals surface area contributed by atoms with Crippen LogP contribution in [0.25, 0.3) is 0 Å². The molecule has 0 bridgehead atoms. The summed E-state index contributed by atoms with van der Waals surface area (Å²) in [6, 6.07) is 17.6. The molecule has 0 saturated carbocycles. The van der Waals surface area contributed by atoms with Crippen molar-refractivity contribution in [1.82, 2.24) is 20.2 Å². The maximum Gasteiger partial charge on any atom is 0.315 e. The second-order valence-corrected chi connectivity index (χ2v) is 6.73. The number of carbonyl (C=O) groups is 1. The number of aromatic nitrogens is 2. The molecule has 0 radical (unpaired) electrons. The first kappa shape index (κ1) is 18.8. The van der Waals surface area contributed by atoms with Gasteiger partial charge in [-0.25, -0.2) is 4.79 Å². The summed E-state index contributed by atoms with van der Waals surface area (Å²) >= 11 is 1.27. The third kappa shape index (κ3) is 6.07. The van der Waals surface area contributed by atoms with Crippen molar-refractivity contribution in [2.45, 2.75) is 26.0 Å². The fourth-order valence-electron chi connectivity index (χ4n) is 2.50. The summed E-state index contributed by atoms with van der Waals surface area (Å²) in [5.74, 6) is 0.832. The third-order valence-electron chi connectivity index (χ3n) is 4.04. The largest absolute Gasteiger partial charge is 0.489 e. The highest BCUT2D eigenvalue weighted by Gasteiger charge is 2.11. The minimum Gasteiger partial charge on any atom is -0.489 e. The third-order valence-corrected chi connectivity index (χ3v) is 4.56. The van der Waals surface area contributed by atoms with Crippen LogP contribution in [0.15, 0.2) is 60.0 Å². The molecule has 1 atom stereocenters. The molecule has 1 unspecified atom stereocenters. The number of hydrogen-bond donors (Lipinski definition) is 2. The van der Waals surface area contributed by atoms with E-state index in [1.165, 1.54) is 11.5 Å². The van der Waals surface area contributed by atoms with Crippen molar-refractivity contribution in [3.63, 3.8) is 0 Å². The molecule has 2 amide bonds. The van der Waals surface area contributed by atoms with Gasteiger partial charge >= 0.3 is 6.03 Å². The van der Waals surface area contributed by atoms with Crippen molar-refractivity contribution in [3.05, 3.63) is 76.8 Å². The standard InChI is InChI=1S/C20H22N4O2S/c1-15(19-14-27-24-23-19)22-20(25)21-12-11-16-7-9-18(10-8-16)26-13-17-5-3-2-4-6-17/h2-10,14-15H,11-13H2,1H3,(H2,21,22,25). The van der Waals surface area contributed by atoms with Gasteiger partial charge in [0.25, 0.3) is 0 Å². The highest BCUT2D eigenvalue weighted by atomic mass is 32.1. The summed E-state index contributed by atoms with van der Waals surface area (Å²) in [5.41, 5.74) is 3.04. The first-order valence-corrected chi connectivity index (χ1v) is 9.61. The summed E-state index contributed by atoms with van der Waals surface area (Å²) in [4.78, 5) is 11.9. The van der Waals surface area contributed by atoms with E-state index in [1.54, 1.807) is 0 Å². The molecule has 6 nitrogen and oxygen atoms in total. The highest BCUT2D eigenvalue weighted by Crippen LogP contribution is 2.14. The number of rotatable bonds is 8. The molecular weight excluding hydrogens is 360 g/mol. The number of carbonyl (C=O) groups excluding carboxylic acids is 1. The quantitative estimate of drug-likeness (QED) is 0.623. The van der Waals surface area contributed by atoms with Gasteiger partial charge in [-0.05, 0) is 48.1 Å². The van der Waals surface area contributed by atoms with Gasteiger partial charge in [0.05, 0.1) is 11.7 Å². The Morgan fingerprint density at radius 3 is 2.59 bits per heavy atom. The summed E-state index contributed by atoms with van der Waals surface area (Å²) in [6.07, 6.45) is 0.749. The maximum absolute atomic E-state index is 11.9. The van der Waals surface area contributed by atoms with Gasteiger partial charge in [0.15, 0.2) is 0 Å². The van der Waals surface area contributed by atoms with Crippen molar-refractivity contribution in [1.29, 1.82) is 0 Å². The number of ether oxygens (including phenoxy) is 1. The summed E-state index contributed by atoms with van der Waals surface area (Å²) in [5, 5.41) is 11.5. The Balaban J connectivity index is 1.37. The van der Waals surface area contributed by atoms with Gasteiger partial charge in [-0.3, -0.25) is 0 Å². The van der Waals surface area contributed by atoms with Gasteiger partial charge in [-0.2, -0.15) is 0 Å². The van der Waals surface area contributed by atoms with Crippen LogP contribution in [0.3, 0.4) is 0 Å². The van der Waals surface area contributed by atoms with Gasteiger partial charge in [0.1, 0.15) is 12.4 Å². The van der Waals surface area contributed by atoms with Crippen LogP contribution >= 0.6 is 11.5 Å². The van der Waals surface area contributed by atoms with Crippen LogP contribution in [0.1, 0.15) is 29.8 Å². The van der Waals surface area contributed by atoms with Crippen LogP contribution in [0.4, 0.5) is 4.79 Å². The first-order valence-electron chi connectivity index (χ1n) is 8.77. The molecule has 3 rings (SSSR count). The van der Waals surface area contributed by atoms with Crippen molar-refractivity contribution < 1.29 is 9.53 Å². The molecule has 0 aliphatic carbocycles. The molecule has 0 fully saturated rings. The molecule has 3 aromatic rings. The van der Waals surface area contributed by atoms with E-state index >= 15 is 0 Å². The molecule has 0 saturated heterocycles. The number of nitrogens with zero attached hydrogens (tertiary/aromatic N) is 2. The van der Waals surface area contributed by atoms with Crippen LogP contribution in [0.2, 0.25) is 0 Å². The first-order chi connectivity index (χ1) is 13.2.